The van der Waals surface area contributed by atoms with Crippen LogP contribution in [0.2, 0.25) is 0 Å². The van der Waals surface area contributed by atoms with Crippen molar-refractivity contribution in [3.63, 3.8) is 0 Å². The van der Waals surface area contributed by atoms with E-state index in [0.29, 0.717) is 38.4 Å². The van der Waals surface area contributed by atoms with Gasteiger partial charge in [-0.3, -0.25) is 9.59 Å². The van der Waals surface area contributed by atoms with Gasteiger partial charge in [0, 0.05) is 64.5 Å². The average molecular weight is 841 g/mol. The molecule has 2 amide bonds. The van der Waals surface area contributed by atoms with E-state index in [1.165, 1.54) is 24.3 Å². The predicted octanol–water partition coefficient (Wildman–Crippen LogP) is 7.25. The van der Waals surface area contributed by atoms with E-state index in [0.717, 1.165) is 47.6 Å². The lowest BCUT2D eigenvalue weighted by Gasteiger charge is -2.41. The zero-order valence-electron chi connectivity index (χ0n) is 29.8. The molecule has 0 spiro atoms. The van der Waals surface area contributed by atoms with Crippen molar-refractivity contribution in [2.24, 2.45) is 0 Å². The van der Waals surface area contributed by atoms with Crippen molar-refractivity contribution in [1.82, 2.24) is 14.7 Å². The SMILES string of the molecule is CN(CCN(C)C(=O)C(I)(Cc1ccccc1)N(Cc1ccc(N2CCOCC2)cc1)C(=O)C=Cc1ccc(C(F)(F)F)cc1)Cc1ccc(O)cc1. The van der Waals surface area contributed by atoms with E-state index in [1.54, 1.807) is 29.0 Å². The number of benzene rings is 4. The number of phenolic OH excluding ortho intramolecular Hbond substituents is 1. The average Bonchev–Trinajstić information content (AvgIpc) is 3.16. The number of morpholine rings is 1. The summed E-state index contributed by atoms with van der Waals surface area (Å²) < 4.78 is 43.7. The van der Waals surface area contributed by atoms with Crippen LogP contribution in [-0.4, -0.2) is 88.7 Å². The summed E-state index contributed by atoms with van der Waals surface area (Å²) in [6, 6.07) is 29.0. The number of carbonyl (C=O) groups is 2. The normalized spacial score (nSPS) is 14.7. The Labute approximate surface area is 322 Å². The molecule has 0 bridgehead atoms. The zero-order chi connectivity index (χ0) is 38.0. The second-order valence-electron chi connectivity index (χ2n) is 13.2. The number of phenols is 1. The predicted molar refractivity (Wildman–Crippen MR) is 209 cm³/mol. The molecule has 1 heterocycles. The summed E-state index contributed by atoms with van der Waals surface area (Å²) in [4.78, 5) is 36.6. The van der Waals surface area contributed by atoms with Crippen LogP contribution in [0.3, 0.4) is 0 Å². The van der Waals surface area contributed by atoms with Gasteiger partial charge in [-0.25, -0.2) is 0 Å². The number of hydrogen-bond donors (Lipinski definition) is 1. The molecule has 1 fully saturated rings. The molecule has 12 heteroatoms. The minimum atomic E-state index is -4.48. The molecule has 8 nitrogen and oxygen atoms in total. The van der Waals surface area contributed by atoms with Crippen molar-refractivity contribution >= 4 is 46.2 Å². The Morgan fingerprint density at radius 3 is 2.04 bits per heavy atom. The maximum absolute atomic E-state index is 14.7. The smallest absolute Gasteiger partial charge is 0.416 e. The number of amides is 2. The zero-order valence-corrected chi connectivity index (χ0v) is 32.0. The molecule has 280 valence electrons. The second kappa shape index (κ2) is 18.1. The van der Waals surface area contributed by atoms with Gasteiger partial charge in [-0.05, 0) is 94.4 Å². The van der Waals surface area contributed by atoms with Crippen LogP contribution in [0, 0.1) is 0 Å². The highest BCUT2D eigenvalue weighted by Crippen LogP contribution is 2.34. The van der Waals surface area contributed by atoms with E-state index in [-0.39, 0.29) is 24.6 Å². The summed E-state index contributed by atoms with van der Waals surface area (Å²) in [6.07, 6.45) is -1.46. The second-order valence-corrected chi connectivity index (χ2v) is 15.0. The monoisotopic (exact) mass is 840 g/mol. The largest absolute Gasteiger partial charge is 0.508 e. The van der Waals surface area contributed by atoms with E-state index >= 15 is 0 Å². The topological polar surface area (TPSA) is 76.6 Å². The number of anilines is 1. The number of hydrogen-bond acceptors (Lipinski definition) is 6. The van der Waals surface area contributed by atoms with Gasteiger partial charge in [-0.1, -0.05) is 66.7 Å². The highest BCUT2D eigenvalue weighted by molar-refractivity contribution is 14.1. The Bertz CT molecular complexity index is 1820. The first-order valence-corrected chi connectivity index (χ1v) is 18.4. The number of alkyl halides is 4. The van der Waals surface area contributed by atoms with Crippen LogP contribution < -0.4 is 4.90 Å². The Hall–Kier alpha value is -4.40. The minimum Gasteiger partial charge on any atom is -0.508 e. The molecule has 53 heavy (non-hydrogen) atoms. The Morgan fingerprint density at radius 1 is 0.811 bits per heavy atom. The molecule has 0 aliphatic carbocycles. The summed E-state index contributed by atoms with van der Waals surface area (Å²) in [6.45, 7) is 4.49. The van der Waals surface area contributed by atoms with Crippen molar-refractivity contribution in [1.29, 1.82) is 0 Å². The molecular weight excluding hydrogens is 796 g/mol. The van der Waals surface area contributed by atoms with Crippen LogP contribution >= 0.6 is 22.6 Å². The standard InChI is InChI=1S/C41H44F3IN4O4/c1-46(29-33-12-19-37(50)20-13-33)22-23-47(2)39(52)40(45,28-32-6-4-3-5-7-32)49(30-34-10-17-36(18-11-34)48-24-26-53-27-25-48)38(51)21-14-31-8-15-35(16-9-31)41(42,43)44/h3-21,50H,22-30H2,1-2H3. The van der Waals surface area contributed by atoms with E-state index < -0.39 is 21.2 Å². The van der Waals surface area contributed by atoms with E-state index in [9.17, 15) is 27.9 Å². The quantitative estimate of drug-likeness (QED) is 0.0625. The Kier molecular flexibility index (Phi) is 13.6. The van der Waals surface area contributed by atoms with Gasteiger partial charge in [0.15, 0.2) is 3.55 Å². The lowest BCUT2D eigenvalue weighted by atomic mass is 10.0. The van der Waals surface area contributed by atoms with Crippen LogP contribution in [0.1, 0.15) is 27.8 Å². The highest BCUT2D eigenvalue weighted by atomic mass is 127. The lowest BCUT2D eigenvalue weighted by molar-refractivity contribution is -0.144. The fraction of sp³-hybridized carbons (Fsp3) is 0.317. The molecule has 0 aromatic heterocycles. The molecule has 1 N–H and O–H groups in total. The molecule has 0 saturated carbocycles. The Balaban J connectivity index is 1.44. The highest BCUT2D eigenvalue weighted by Gasteiger charge is 2.45. The maximum atomic E-state index is 14.7. The van der Waals surface area contributed by atoms with Crippen LogP contribution in [0.25, 0.3) is 6.08 Å². The molecule has 1 unspecified atom stereocenters. The summed E-state index contributed by atoms with van der Waals surface area (Å²) >= 11 is 2.11. The molecule has 1 saturated heterocycles. The third kappa shape index (κ3) is 11.1. The number of nitrogens with zero attached hydrogens (tertiary/aromatic N) is 4. The van der Waals surface area contributed by atoms with Crippen LogP contribution in [0.15, 0.2) is 109 Å². The first-order valence-electron chi connectivity index (χ1n) is 17.4. The van der Waals surface area contributed by atoms with Gasteiger partial charge in [0.1, 0.15) is 5.75 Å². The molecule has 0 radical (unpaired) electrons. The number of likely N-dealkylation sites (N-methyl/N-ethyl adjacent to an activating group) is 2. The number of halogens is 4. The fourth-order valence-corrected chi connectivity index (χ4v) is 7.36. The number of rotatable bonds is 14. The van der Waals surface area contributed by atoms with Crippen molar-refractivity contribution in [3.8, 4) is 5.75 Å². The van der Waals surface area contributed by atoms with Gasteiger partial charge in [-0.2, -0.15) is 13.2 Å². The summed E-state index contributed by atoms with van der Waals surface area (Å²) in [7, 11) is 3.68. The number of carbonyl (C=O) groups excluding carboxylic acids is 2. The van der Waals surface area contributed by atoms with E-state index in [2.05, 4.69) is 32.4 Å². The van der Waals surface area contributed by atoms with E-state index in [4.69, 9.17) is 4.74 Å². The number of ether oxygens (including phenoxy) is 1. The van der Waals surface area contributed by atoms with Crippen LogP contribution in [-0.2, 0) is 40.0 Å². The Morgan fingerprint density at radius 2 is 1.42 bits per heavy atom. The minimum absolute atomic E-state index is 0.107. The van der Waals surface area contributed by atoms with Gasteiger partial charge in [-0.15, -0.1) is 0 Å². The van der Waals surface area contributed by atoms with Gasteiger partial charge >= 0.3 is 6.18 Å². The molecular formula is C41H44F3IN4O4. The first kappa shape index (κ1) is 39.8. The molecule has 1 aliphatic heterocycles. The lowest BCUT2D eigenvalue weighted by Crippen LogP contribution is -2.58. The van der Waals surface area contributed by atoms with Gasteiger partial charge in [0.05, 0.1) is 18.8 Å². The van der Waals surface area contributed by atoms with Crippen molar-refractivity contribution in [3.05, 3.63) is 137 Å². The van der Waals surface area contributed by atoms with Crippen molar-refractivity contribution in [2.75, 3.05) is 58.4 Å². The third-order valence-electron chi connectivity index (χ3n) is 9.17. The van der Waals surface area contributed by atoms with Gasteiger partial charge in [0.25, 0.3) is 5.91 Å². The summed E-state index contributed by atoms with van der Waals surface area (Å²) in [5, 5.41) is 9.65. The molecule has 4 aromatic rings. The van der Waals surface area contributed by atoms with Crippen molar-refractivity contribution in [2.45, 2.75) is 29.2 Å². The molecule has 4 aromatic carbocycles. The molecule has 5 rings (SSSR count). The molecule has 1 atom stereocenters. The van der Waals surface area contributed by atoms with Crippen LogP contribution in [0.5, 0.6) is 5.75 Å². The molecule has 1 aliphatic rings. The van der Waals surface area contributed by atoms with Crippen LogP contribution in [0.4, 0.5) is 18.9 Å². The van der Waals surface area contributed by atoms with Gasteiger partial charge < -0.3 is 29.4 Å². The van der Waals surface area contributed by atoms with Gasteiger partial charge in [0.2, 0.25) is 5.91 Å². The number of aromatic hydroxyl groups is 1. The third-order valence-corrected chi connectivity index (χ3v) is 10.6. The fourth-order valence-electron chi connectivity index (χ4n) is 6.09. The van der Waals surface area contributed by atoms with E-state index in [1.807, 2.05) is 73.8 Å². The summed E-state index contributed by atoms with van der Waals surface area (Å²) in [5.74, 6) is -0.528. The van der Waals surface area contributed by atoms with Crippen molar-refractivity contribution < 1.29 is 32.6 Å². The summed E-state index contributed by atoms with van der Waals surface area (Å²) in [5.41, 5.74) is 3.37. The maximum Gasteiger partial charge on any atom is 0.416 e. The first-order chi connectivity index (χ1) is 25.3.